The molecular formula is C16H11FN2O2. The summed E-state index contributed by atoms with van der Waals surface area (Å²) in [5.41, 5.74) is 1.25. The van der Waals surface area contributed by atoms with E-state index < -0.39 is 5.82 Å². The van der Waals surface area contributed by atoms with Crippen molar-refractivity contribution in [1.29, 1.82) is 5.26 Å². The highest BCUT2D eigenvalue weighted by atomic mass is 19.1. The van der Waals surface area contributed by atoms with Crippen LogP contribution in [0.3, 0.4) is 0 Å². The van der Waals surface area contributed by atoms with Crippen molar-refractivity contribution in [3.8, 4) is 23.7 Å². The van der Waals surface area contributed by atoms with Crippen LogP contribution in [0, 0.1) is 29.0 Å². The third-order valence-electron chi connectivity index (χ3n) is 2.62. The van der Waals surface area contributed by atoms with Crippen molar-refractivity contribution in [2.45, 2.75) is 6.61 Å². The predicted octanol–water partition coefficient (Wildman–Crippen LogP) is 2.02. The van der Waals surface area contributed by atoms with Gasteiger partial charge in [0.1, 0.15) is 36.5 Å². The molecule has 0 aliphatic rings. The average Bonchev–Trinajstić information content (AvgIpc) is 2.52. The zero-order chi connectivity index (χ0) is 15.1. The lowest BCUT2D eigenvalue weighted by Gasteiger charge is -2.09. The third-order valence-corrected chi connectivity index (χ3v) is 2.62. The molecular weight excluding hydrogens is 271 g/mol. The molecule has 2 aromatic rings. The van der Waals surface area contributed by atoms with E-state index in [2.05, 4.69) is 16.8 Å². The number of aliphatic hydroxyl groups excluding tert-OH is 1. The number of aromatic nitrogens is 1. The van der Waals surface area contributed by atoms with Gasteiger partial charge in [0.2, 0.25) is 0 Å². The maximum atomic E-state index is 13.2. The topological polar surface area (TPSA) is 66.1 Å². The summed E-state index contributed by atoms with van der Waals surface area (Å²) in [7, 11) is 0. The molecule has 5 heteroatoms. The van der Waals surface area contributed by atoms with Crippen LogP contribution in [0.15, 0.2) is 36.5 Å². The van der Waals surface area contributed by atoms with Crippen molar-refractivity contribution >= 4 is 0 Å². The lowest BCUT2D eigenvalue weighted by molar-refractivity contribution is 0.304. The Balaban J connectivity index is 2.22. The van der Waals surface area contributed by atoms with Crippen molar-refractivity contribution in [2.75, 3.05) is 6.61 Å². The second-order valence-electron chi connectivity index (χ2n) is 4.01. The highest BCUT2D eigenvalue weighted by Crippen LogP contribution is 2.20. The Labute approximate surface area is 121 Å². The van der Waals surface area contributed by atoms with Crippen molar-refractivity contribution in [2.24, 2.45) is 0 Å². The number of nitrogens with zero attached hydrogens (tertiary/aromatic N) is 2. The normalized spacial score (nSPS) is 9.38. The minimum absolute atomic E-state index is 0.121. The molecule has 21 heavy (non-hydrogen) atoms. The number of pyridine rings is 1. The van der Waals surface area contributed by atoms with Crippen LogP contribution in [0.1, 0.15) is 16.8 Å². The van der Waals surface area contributed by atoms with E-state index in [1.165, 1.54) is 24.4 Å². The Morgan fingerprint density at radius 1 is 1.33 bits per heavy atom. The SMILES string of the molecule is N#Cc1ncccc1COc1ccc(F)cc1C#CCO. The maximum Gasteiger partial charge on any atom is 0.147 e. The standard InChI is InChI=1S/C16H11FN2O2/c17-14-5-6-16(12(9-14)4-2-8-20)21-11-13-3-1-7-19-15(13)10-18/h1,3,5-7,9,20H,8,11H2. The maximum absolute atomic E-state index is 13.2. The Morgan fingerprint density at radius 3 is 2.95 bits per heavy atom. The van der Waals surface area contributed by atoms with E-state index in [9.17, 15) is 4.39 Å². The molecule has 0 saturated carbocycles. The number of hydrogen-bond acceptors (Lipinski definition) is 4. The average molecular weight is 282 g/mol. The van der Waals surface area contributed by atoms with Gasteiger partial charge < -0.3 is 9.84 Å². The highest BCUT2D eigenvalue weighted by molar-refractivity contribution is 5.46. The first-order chi connectivity index (χ1) is 10.2. The fourth-order valence-corrected chi connectivity index (χ4v) is 1.67. The molecule has 0 fully saturated rings. The zero-order valence-corrected chi connectivity index (χ0v) is 11.0. The van der Waals surface area contributed by atoms with E-state index in [0.717, 1.165) is 0 Å². The molecule has 0 aliphatic carbocycles. The number of halogens is 1. The van der Waals surface area contributed by atoms with Gasteiger partial charge in [-0.25, -0.2) is 9.37 Å². The predicted molar refractivity (Wildman–Crippen MR) is 73.6 cm³/mol. The van der Waals surface area contributed by atoms with Crippen LogP contribution in [-0.4, -0.2) is 16.7 Å². The summed E-state index contributed by atoms with van der Waals surface area (Å²) in [6.45, 7) is -0.201. The molecule has 2 rings (SSSR count). The molecule has 0 unspecified atom stereocenters. The first-order valence-electron chi connectivity index (χ1n) is 6.10. The molecule has 104 valence electrons. The molecule has 0 amide bonds. The van der Waals surface area contributed by atoms with E-state index >= 15 is 0 Å². The Morgan fingerprint density at radius 2 is 2.19 bits per heavy atom. The van der Waals surface area contributed by atoms with Crippen LogP contribution in [-0.2, 0) is 6.61 Å². The summed E-state index contributed by atoms with van der Waals surface area (Å²) in [6, 6.07) is 9.36. The van der Waals surface area contributed by atoms with E-state index in [1.54, 1.807) is 12.1 Å². The number of hydrogen-bond donors (Lipinski definition) is 1. The van der Waals surface area contributed by atoms with Gasteiger partial charge in [0, 0.05) is 11.8 Å². The fourth-order valence-electron chi connectivity index (χ4n) is 1.67. The van der Waals surface area contributed by atoms with Crippen LogP contribution in [0.2, 0.25) is 0 Å². The minimum atomic E-state index is -0.441. The Kier molecular flexibility index (Phi) is 4.87. The van der Waals surface area contributed by atoms with Crippen LogP contribution in [0.4, 0.5) is 4.39 Å². The van der Waals surface area contributed by atoms with Crippen LogP contribution in [0.5, 0.6) is 5.75 Å². The minimum Gasteiger partial charge on any atom is -0.487 e. The number of nitriles is 1. The van der Waals surface area contributed by atoms with E-state index in [4.69, 9.17) is 15.1 Å². The summed E-state index contributed by atoms with van der Waals surface area (Å²) in [6.07, 6.45) is 1.53. The van der Waals surface area contributed by atoms with E-state index in [-0.39, 0.29) is 18.9 Å². The fraction of sp³-hybridized carbons (Fsp3) is 0.125. The smallest absolute Gasteiger partial charge is 0.147 e. The summed E-state index contributed by atoms with van der Waals surface area (Å²) in [5, 5.41) is 17.7. The molecule has 0 aliphatic heterocycles. The van der Waals surface area contributed by atoms with Crippen molar-refractivity contribution < 1.29 is 14.2 Å². The summed E-state index contributed by atoms with van der Waals surface area (Å²) >= 11 is 0. The van der Waals surface area contributed by atoms with Crippen LogP contribution in [0.25, 0.3) is 0 Å². The molecule has 1 aromatic carbocycles. The third kappa shape index (κ3) is 3.79. The molecule has 1 aromatic heterocycles. The summed E-state index contributed by atoms with van der Waals surface area (Å²) in [4.78, 5) is 3.93. The lowest BCUT2D eigenvalue weighted by Crippen LogP contribution is -2.01. The first kappa shape index (κ1) is 14.5. The second-order valence-corrected chi connectivity index (χ2v) is 4.01. The summed E-state index contributed by atoms with van der Waals surface area (Å²) < 4.78 is 18.8. The van der Waals surface area contributed by atoms with Gasteiger partial charge in [-0.05, 0) is 24.3 Å². The molecule has 0 atom stereocenters. The number of ether oxygens (including phenoxy) is 1. The van der Waals surface area contributed by atoms with Crippen molar-refractivity contribution in [1.82, 2.24) is 4.98 Å². The van der Waals surface area contributed by atoms with Gasteiger partial charge in [0.25, 0.3) is 0 Å². The van der Waals surface area contributed by atoms with E-state index in [1.807, 2.05) is 6.07 Å². The van der Waals surface area contributed by atoms with Crippen molar-refractivity contribution in [3.05, 3.63) is 59.2 Å². The van der Waals surface area contributed by atoms with Gasteiger partial charge in [-0.3, -0.25) is 0 Å². The molecule has 4 nitrogen and oxygen atoms in total. The highest BCUT2D eigenvalue weighted by Gasteiger charge is 2.07. The van der Waals surface area contributed by atoms with Gasteiger partial charge in [0.05, 0.1) is 5.56 Å². The van der Waals surface area contributed by atoms with E-state index in [0.29, 0.717) is 16.9 Å². The lowest BCUT2D eigenvalue weighted by atomic mass is 10.2. The molecule has 0 bridgehead atoms. The van der Waals surface area contributed by atoms with Gasteiger partial charge >= 0.3 is 0 Å². The quantitative estimate of drug-likeness (QED) is 0.875. The molecule has 0 saturated heterocycles. The number of rotatable bonds is 3. The molecule has 1 N–H and O–H groups in total. The number of benzene rings is 1. The van der Waals surface area contributed by atoms with Crippen molar-refractivity contribution in [3.63, 3.8) is 0 Å². The van der Waals surface area contributed by atoms with Crippen LogP contribution >= 0.6 is 0 Å². The van der Waals surface area contributed by atoms with Crippen LogP contribution < -0.4 is 4.74 Å². The monoisotopic (exact) mass is 282 g/mol. The van der Waals surface area contributed by atoms with Gasteiger partial charge in [-0.15, -0.1) is 0 Å². The van der Waals surface area contributed by atoms with Gasteiger partial charge in [-0.2, -0.15) is 5.26 Å². The largest absolute Gasteiger partial charge is 0.487 e. The molecule has 0 spiro atoms. The zero-order valence-electron chi connectivity index (χ0n) is 11.0. The Hall–Kier alpha value is -2.89. The molecule has 1 heterocycles. The molecule has 0 radical (unpaired) electrons. The van der Waals surface area contributed by atoms with Gasteiger partial charge in [0.15, 0.2) is 0 Å². The van der Waals surface area contributed by atoms with Gasteiger partial charge in [-0.1, -0.05) is 17.9 Å². The first-order valence-corrected chi connectivity index (χ1v) is 6.10. The summed E-state index contributed by atoms with van der Waals surface area (Å²) in [5.74, 6) is 5.01. The second kappa shape index (κ2) is 7.04. The Bertz CT molecular complexity index is 742. The number of aliphatic hydroxyl groups is 1.